The number of ether oxygens (including phenoxy) is 1. The van der Waals surface area contributed by atoms with Crippen LogP contribution in [0.15, 0.2) is 42.5 Å². The highest BCUT2D eigenvalue weighted by molar-refractivity contribution is 6.34. The summed E-state index contributed by atoms with van der Waals surface area (Å²) in [6.07, 6.45) is 0. The summed E-state index contributed by atoms with van der Waals surface area (Å²) < 4.78 is 5.48. The van der Waals surface area contributed by atoms with Gasteiger partial charge < -0.3 is 29.9 Å². The minimum absolute atomic E-state index is 0.102. The fourth-order valence-corrected chi connectivity index (χ4v) is 4.63. The first-order valence-corrected chi connectivity index (χ1v) is 12.8. The zero-order valence-corrected chi connectivity index (χ0v) is 22.5. The lowest BCUT2D eigenvalue weighted by molar-refractivity contribution is -0.132. The second kappa shape index (κ2) is 12.8. The van der Waals surface area contributed by atoms with Crippen molar-refractivity contribution in [3.63, 3.8) is 0 Å². The lowest BCUT2D eigenvalue weighted by Crippen LogP contribution is -2.51. The first kappa shape index (κ1) is 28.3. The molecule has 0 aliphatic carbocycles. The molecule has 0 saturated heterocycles. The second-order valence-corrected chi connectivity index (χ2v) is 9.57. The molecule has 1 heterocycles. The average molecular weight is 531 g/mol. The van der Waals surface area contributed by atoms with Crippen LogP contribution in [0, 0.1) is 0 Å². The third-order valence-electron chi connectivity index (χ3n) is 6.27. The Bertz CT molecular complexity index is 1130. The number of carbonyl (C=O) groups is 3. The minimum Gasteiger partial charge on any atom is -0.494 e. The maximum Gasteiger partial charge on any atom is 0.318 e. The van der Waals surface area contributed by atoms with Gasteiger partial charge in [-0.1, -0.05) is 29.8 Å². The largest absolute Gasteiger partial charge is 0.494 e. The number of para-hydroxylation sites is 1. The van der Waals surface area contributed by atoms with Crippen LogP contribution in [-0.2, 0) is 11.3 Å². The number of anilines is 1. The summed E-state index contributed by atoms with van der Waals surface area (Å²) in [7, 11) is 0. The van der Waals surface area contributed by atoms with E-state index in [0.717, 1.165) is 5.56 Å². The molecule has 1 aliphatic heterocycles. The van der Waals surface area contributed by atoms with Gasteiger partial charge in [0.2, 0.25) is 5.91 Å². The number of aliphatic hydroxyl groups excluding tert-OH is 1. The highest BCUT2D eigenvalue weighted by atomic mass is 35.5. The van der Waals surface area contributed by atoms with E-state index < -0.39 is 6.03 Å². The normalized spacial score (nSPS) is 15.2. The van der Waals surface area contributed by atoms with Gasteiger partial charge in [-0.15, -0.1) is 0 Å². The Labute approximate surface area is 222 Å². The quantitative estimate of drug-likeness (QED) is 0.543. The Hall–Kier alpha value is -3.30. The Kier molecular flexibility index (Phi) is 9.77. The molecule has 37 heavy (non-hydrogen) atoms. The molecule has 0 spiro atoms. The van der Waals surface area contributed by atoms with Gasteiger partial charge in [0, 0.05) is 37.4 Å². The maximum absolute atomic E-state index is 13.7. The molecule has 0 radical (unpaired) electrons. The first-order valence-electron chi connectivity index (χ1n) is 12.4. The number of hydrogen-bond donors (Lipinski definition) is 2. The van der Waals surface area contributed by atoms with Crippen LogP contribution in [-0.4, -0.2) is 77.7 Å². The molecule has 200 valence electrons. The molecular weight excluding hydrogens is 496 g/mol. The SMILES string of the molecule is CCOc1ccc(C(=O)N2C[C@@H](C)N(C(=O)NCC(=O)N(CCO)C(C)C)Cc3ccccc32)c(Cl)c1. The number of carbonyl (C=O) groups excluding carboxylic acids is 3. The number of rotatable bonds is 8. The van der Waals surface area contributed by atoms with Crippen molar-refractivity contribution in [1.29, 1.82) is 0 Å². The van der Waals surface area contributed by atoms with Crippen LogP contribution in [0.3, 0.4) is 0 Å². The van der Waals surface area contributed by atoms with E-state index in [1.54, 1.807) is 28.0 Å². The molecule has 2 N–H and O–H groups in total. The van der Waals surface area contributed by atoms with Crippen molar-refractivity contribution in [2.24, 2.45) is 0 Å². The van der Waals surface area contributed by atoms with Crippen LogP contribution in [0.2, 0.25) is 5.02 Å². The molecule has 1 atom stereocenters. The fourth-order valence-electron chi connectivity index (χ4n) is 4.38. The van der Waals surface area contributed by atoms with Gasteiger partial charge in [-0.25, -0.2) is 4.79 Å². The molecule has 0 aromatic heterocycles. The third kappa shape index (κ3) is 6.72. The van der Waals surface area contributed by atoms with Gasteiger partial charge in [0.15, 0.2) is 0 Å². The highest BCUT2D eigenvalue weighted by Gasteiger charge is 2.32. The Morgan fingerprint density at radius 2 is 1.95 bits per heavy atom. The van der Waals surface area contributed by atoms with Crippen molar-refractivity contribution in [3.8, 4) is 5.75 Å². The van der Waals surface area contributed by atoms with Crippen molar-refractivity contribution in [2.75, 3.05) is 37.7 Å². The minimum atomic E-state index is -0.406. The Morgan fingerprint density at radius 3 is 2.59 bits per heavy atom. The van der Waals surface area contributed by atoms with E-state index in [0.29, 0.717) is 23.6 Å². The van der Waals surface area contributed by atoms with Crippen LogP contribution in [0.5, 0.6) is 5.75 Å². The zero-order valence-electron chi connectivity index (χ0n) is 21.7. The lowest BCUT2D eigenvalue weighted by Gasteiger charge is -2.30. The summed E-state index contributed by atoms with van der Waals surface area (Å²) in [6.45, 7) is 8.29. The molecule has 10 heteroatoms. The van der Waals surface area contributed by atoms with Gasteiger partial charge >= 0.3 is 6.03 Å². The monoisotopic (exact) mass is 530 g/mol. The highest BCUT2D eigenvalue weighted by Crippen LogP contribution is 2.31. The summed E-state index contributed by atoms with van der Waals surface area (Å²) in [5.41, 5.74) is 1.84. The predicted octanol–water partition coefficient (Wildman–Crippen LogP) is 3.53. The number of benzene rings is 2. The smallest absolute Gasteiger partial charge is 0.318 e. The Balaban J connectivity index is 1.81. The van der Waals surface area contributed by atoms with Crippen molar-refractivity contribution in [1.82, 2.24) is 15.1 Å². The number of halogens is 1. The van der Waals surface area contributed by atoms with Gasteiger partial charge in [0.05, 0.1) is 30.3 Å². The van der Waals surface area contributed by atoms with Gasteiger partial charge in [-0.2, -0.15) is 0 Å². The van der Waals surface area contributed by atoms with Crippen LogP contribution in [0.25, 0.3) is 0 Å². The maximum atomic E-state index is 13.7. The summed E-state index contributed by atoms with van der Waals surface area (Å²) >= 11 is 6.45. The summed E-state index contributed by atoms with van der Waals surface area (Å²) in [6, 6.07) is 11.6. The lowest BCUT2D eigenvalue weighted by atomic mass is 10.1. The number of aliphatic hydroxyl groups is 1. The number of nitrogens with zero attached hydrogens (tertiary/aromatic N) is 3. The molecule has 3 rings (SSSR count). The summed E-state index contributed by atoms with van der Waals surface area (Å²) in [5.74, 6) is 0.0321. The van der Waals surface area contributed by atoms with Crippen molar-refractivity contribution < 1.29 is 24.2 Å². The molecule has 1 aliphatic rings. The van der Waals surface area contributed by atoms with Gasteiger partial charge in [0.25, 0.3) is 5.91 Å². The molecule has 0 fully saturated rings. The number of fused-ring (bicyclic) bond motifs is 1. The number of nitrogens with one attached hydrogen (secondary N) is 1. The second-order valence-electron chi connectivity index (χ2n) is 9.16. The molecular formula is C27H35ClN4O5. The van der Waals surface area contributed by atoms with Gasteiger partial charge in [-0.05, 0) is 57.5 Å². The number of amides is 4. The van der Waals surface area contributed by atoms with E-state index in [-0.39, 0.29) is 61.7 Å². The topological polar surface area (TPSA) is 102 Å². The first-order chi connectivity index (χ1) is 17.7. The van der Waals surface area contributed by atoms with Crippen molar-refractivity contribution >= 4 is 35.1 Å². The predicted molar refractivity (Wildman–Crippen MR) is 143 cm³/mol. The molecule has 9 nitrogen and oxygen atoms in total. The Morgan fingerprint density at radius 1 is 1.22 bits per heavy atom. The van der Waals surface area contributed by atoms with E-state index in [9.17, 15) is 19.5 Å². The van der Waals surface area contributed by atoms with E-state index >= 15 is 0 Å². The summed E-state index contributed by atoms with van der Waals surface area (Å²) in [4.78, 5) is 44.2. The molecule has 0 bridgehead atoms. The van der Waals surface area contributed by atoms with Crippen molar-refractivity contribution in [3.05, 3.63) is 58.6 Å². The van der Waals surface area contributed by atoms with Gasteiger partial charge in [0.1, 0.15) is 5.75 Å². The number of hydrogen-bond acceptors (Lipinski definition) is 5. The van der Waals surface area contributed by atoms with Crippen LogP contribution in [0.1, 0.15) is 43.6 Å². The number of urea groups is 1. The van der Waals surface area contributed by atoms with Crippen LogP contribution < -0.4 is 15.0 Å². The van der Waals surface area contributed by atoms with E-state index in [1.807, 2.05) is 52.0 Å². The molecule has 0 saturated carbocycles. The van der Waals surface area contributed by atoms with E-state index in [4.69, 9.17) is 16.3 Å². The van der Waals surface area contributed by atoms with E-state index in [2.05, 4.69) is 5.32 Å². The van der Waals surface area contributed by atoms with E-state index in [1.165, 1.54) is 4.90 Å². The molecule has 2 aromatic rings. The van der Waals surface area contributed by atoms with Gasteiger partial charge in [-0.3, -0.25) is 9.59 Å². The molecule has 2 aromatic carbocycles. The standard InChI is InChI=1S/C27H35ClN4O5/c1-5-37-21-10-11-22(23(28)14-21)26(35)32-16-19(4)31(17-20-8-6-7-9-24(20)32)27(36)29-15-25(34)30(12-13-33)18(2)3/h6-11,14,18-19,33H,5,12-13,15-17H2,1-4H3,(H,29,36)/t19-/m1/s1. The third-order valence-corrected chi connectivity index (χ3v) is 6.58. The fraction of sp³-hybridized carbons (Fsp3) is 0.444. The van der Waals surface area contributed by atoms with Crippen molar-refractivity contribution in [2.45, 2.75) is 46.3 Å². The van der Waals surface area contributed by atoms with Crippen LogP contribution >= 0.6 is 11.6 Å². The van der Waals surface area contributed by atoms with Crippen LogP contribution in [0.4, 0.5) is 10.5 Å². The average Bonchev–Trinajstić information content (AvgIpc) is 3.02. The molecule has 4 amide bonds. The zero-order chi connectivity index (χ0) is 27.1. The summed E-state index contributed by atoms with van der Waals surface area (Å²) in [5, 5.41) is 12.2. The molecule has 0 unspecified atom stereocenters.